The number of H-pyrrole nitrogens is 1. The summed E-state index contributed by atoms with van der Waals surface area (Å²) in [6.07, 6.45) is 2.27. The minimum absolute atomic E-state index is 0.0350. The van der Waals surface area contributed by atoms with E-state index >= 15 is 0 Å². The fourth-order valence-electron chi connectivity index (χ4n) is 3.59. The van der Waals surface area contributed by atoms with Gasteiger partial charge in [0, 0.05) is 42.1 Å². The molecular weight excluding hydrogens is 292 g/mol. The Balaban J connectivity index is 1.51. The lowest BCUT2D eigenvalue weighted by molar-refractivity contribution is -0.117. The summed E-state index contributed by atoms with van der Waals surface area (Å²) in [4.78, 5) is 26.3. The van der Waals surface area contributed by atoms with Crippen molar-refractivity contribution in [1.29, 1.82) is 0 Å². The molecule has 0 bridgehead atoms. The van der Waals surface area contributed by atoms with Crippen LogP contribution >= 0.6 is 0 Å². The Morgan fingerprint density at radius 3 is 2.96 bits per heavy atom. The smallest absolute Gasteiger partial charge is 0.249 e. The number of para-hydroxylation sites is 1. The SMILES string of the molecule is O=C(Nc1cc[nH]c(=O)c1)C1CC2(CNc3ccccc32)CN1. The van der Waals surface area contributed by atoms with Crippen LogP contribution in [0.1, 0.15) is 12.0 Å². The number of pyridine rings is 1. The lowest BCUT2D eigenvalue weighted by Crippen LogP contribution is -2.35. The van der Waals surface area contributed by atoms with E-state index in [4.69, 9.17) is 0 Å². The van der Waals surface area contributed by atoms with Crippen molar-refractivity contribution >= 4 is 17.3 Å². The molecule has 23 heavy (non-hydrogen) atoms. The van der Waals surface area contributed by atoms with Gasteiger partial charge >= 0.3 is 0 Å². The Labute approximate surface area is 133 Å². The molecular formula is C17H18N4O2. The Hall–Kier alpha value is -2.60. The summed E-state index contributed by atoms with van der Waals surface area (Å²) < 4.78 is 0. The van der Waals surface area contributed by atoms with Crippen molar-refractivity contribution in [2.24, 2.45) is 0 Å². The fraction of sp³-hybridized carbons (Fsp3) is 0.294. The van der Waals surface area contributed by atoms with E-state index in [0.717, 1.165) is 25.2 Å². The van der Waals surface area contributed by atoms with Gasteiger partial charge in [-0.15, -0.1) is 0 Å². The molecule has 2 aliphatic heterocycles. The summed E-state index contributed by atoms with van der Waals surface area (Å²) in [5.41, 5.74) is 2.69. The van der Waals surface area contributed by atoms with E-state index in [1.807, 2.05) is 12.1 Å². The molecule has 1 aromatic carbocycles. The van der Waals surface area contributed by atoms with Crippen LogP contribution in [-0.4, -0.2) is 30.0 Å². The van der Waals surface area contributed by atoms with Crippen molar-refractivity contribution in [2.75, 3.05) is 23.7 Å². The highest BCUT2D eigenvalue weighted by atomic mass is 16.2. The van der Waals surface area contributed by atoms with Crippen molar-refractivity contribution in [1.82, 2.24) is 10.3 Å². The molecule has 4 N–H and O–H groups in total. The van der Waals surface area contributed by atoms with Gasteiger partial charge in [-0.25, -0.2) is 0 Å². The van der Waals surface area contributed by atoms with E-state index in [2.05, 4.69) is 33.1 Å². The number of nitrogens with one attached hydrogen (secondary N) is 4. The summed E-state index contributed by atoms with van der Waals surface area (Å²) >= 11 is 0. The van der Waals surface area contributed by atoms with Crippen LogP contribution < -0.4 is 21.5 Å². The zero-order valence-electron chi connectivity index (χ0n) is 12.6. The Morgan fingerprint density at radius 2 is 2.09 bits per heavy atom. The zero-order chi connectivity index (χ0) is 15.9. The largest absolute Gasteiger partial charge is 0.384 e. The second-order valence-electron chi connectivity index (χ2n) is 6.25. The molecule has 6 heteroatoms. The lowest BCUT2D eigenvalue weighted by atomic mass is 9.80. The Morgan fingerprint density at radius 1 is 1.22 bits per heavy atom. The van der Waals surface area contributed by atoms with Crippen LogP contribution in [0, 0.1) is 0 Å². The van der Waals surface area contributed by atoms with Crippen LogP contribution in [0.3, 0.4) is 0 Å². The highest BCUT2D eigenvalue weighted by molar-refractivity contribution is 5.95. The molecule has 3 heterocycles. The predicted molar refractivity (Wildman–Crippen MR) is 88.7 cm³/mol. The van der Waals surface area contributed by atoms with Crippen molar-refractivity contribution in [3.63, 3.8) is 0 Å². The van der Waals surface area contributed by atoms with Crippen LogP contribution in [0.4, 0.5) is 11.4 Å². The quantitative estimate of drug-likeness (QED) is 0.667. The van der Waals surface area contributed by atoms with Gasteiger partial charge in [0.25, 0.3) is 0 Å². The van der Waals surface area contributed by atoms with E-state index in [1.54, 1.807) is 6.07 Å². The molecule has 0 aliphatic carbocycles. The number of aromatic amines is 1. The summed E-state index contributed by atoms with van der Waals surface area (Å²) in [6.45, 7) is 1.61. The van der Waals surface area contributed by atoms with Gasteiger partial charge < -0.3 is 20.9 Å². The van der Waals surface area contributed by atoms with Crippen LogP contribution in [0.5, 0.6) is 0 Å². The second kappa shape index (κ2) is 5.24. The van der Waals surface area contributed by atoms with Gasteiger partial charge in [0.15, 0.2) is 0 Å². The Kier molecular flexibility index (Phi) is 3.20. The van der Waals surface area contributed by atoms with Crippen molar-refractivity contribution < 1.29 is 4.79 Å². The summed E-state index contributed by atoms with van der Waals surface area (Å²) in [7, 11) is 0. The molecule has 0 saturated carbocycles. The second-order valence-corrected chi connectivity index (χ2v) is 6.25. The molecule has 1 amide bonds. The molecule has 6 nitrogen and oxygen atoms in total. The molecule has 1 aromatic heterocycles. The number of hydrogen-bond donors (Lipinski definition) is 4. The van der Waals surface area contributed by atoms with Gasteiger partial charge in [0.1, 0.15) is 0 Å². The molecule has 2 atom stereocenters. The summed E-state index contributed by atoms with van der Waals surface area (Å²) in [6, 6.07) is 11.1. The average molecular weight is 310 g/mol. The van der Waals surface area contributed by atoms with E-state index < -0.39 is 0 Å². The molecule has 2 aromatic rings. The number of benzene rings is 1. The fourth-order valence-corrected chi connectivity index (χ4v) is 3.59. The first kappa shape index (κ1) is 14.0. The van der Waals surface area contributed by atoms with E-state index in [-0.39, 0.29) is 22.9 Å². The van der Waals surface area contributed by atoms with Gasteiger partial charge in [-0.2, -0.15) is 0 Å². The third-order valence-corrected chi connectivity index (χ3v) is 4.76. The maximum absolute atomic E-state index is 12.5. The average Bonchev–Trinajstić information content (AvgIpc) is 3.14. The van der Waals surface area contributed by atoms with Gasteiger partial charge in [-0.3, -0.25) is 9.59 Å². The van der Waals surface area contributed by atoms with Gasteiger partial charge in [0.2, 0.25) is 11.5 Å². The number of aromatic nitrogens is 1. The maximum Gasteiger partial charge on any atom is 0.249 e. The monoisotopic (exact) mass is 310 g/mol. The molecule has 0 radical (unpaired) electrons. The zero-order valence-corrected chi connectivity index (χ0v) is 12.6. The normalized spacial score (nSPS) is 25.1. The number of amides is 1. The minimum Gasteiger partial charge on any atom is -0.384 e. The Bertz CT molecular complexity index is 816. The minimum atomic E-state index is -0.262. The highest BCUT2D eigenvalue weighted by Gasteiger charge is 2.46. The van der Waals surface area contributed by atoms with Crippen LogP contribution in [-0.2, 0) is 10.2 Å². The van der Waals surface area contributed by atoms with E-state index in [1.165, 1.54) is 17.8 Å². The molecule has 2 aliphatic rings. The molecule has 118 valence electrons. The maximum atomic E-state index is 12.5. The summed E-state index contributed by atoms with van der Waals surface area (Å²) in [5.74, 6) is -0.100. The third kappa shape index (κ3) is 2.41. The van der Waals surface area contributed by atoms with E-state index in [9.17, 15) is 9.59 Å². The number of hydrogen-bond acceptors (Lipinski definition) is 4. The van der Waals surface area contributed by atoms with Crippen molar-refractivity contribution in [3.8, 4) is 0 Å². The van der Waals surface area contributed by atoms with Crippen molar-refractivity contribution in [2.45, 2.75) is 17.9 Å². The number of carbonyl (C=O) groups excluding carboxylic acids is 1. The van der Waals surface area contributed by atoms with E-state index in [0.29, 0.717) is 5.69 Å². The van der Waals surface area contributed by atoms with Gasteiger partial charge in [-0.05, 0) is 24.1 Å². The molecule has 1 spiro atoms. The number of rotatable bonds is 2. The number of anilines is 2. The third-order valence-electron chi connectivity index (χ3n) is 4.76. The van der Waals surface area contributed by atoms with Gasteiger partial charge in [-0.1, -0.05) is 18.2 Å². The molecule has 2 unspecified atom stereocenters. The molecule has 4 rings (SSSR count). The standard InChI is InChI=1S/C17H18N4O2/c22-15-7-11(5-6-18-15)21-16(23)14-8-17(10-20-14)9-19-13-4-2-1-3-12(13)17/h1-7,14,19-20H,8-10H2,(H2,18,21,22,23). The first-order valence-electron chi connectivity index (χ1n) is 7.73. The van der Waals surface area contributed by atoms with Gasteiger partial charge in [0.05, 0.1) is 6.04 Å². The van der Waals surface area contributed by atoms with Crippen LogP contribution in [0.2, 0.25) is 0 Å². The number of fused-ring (bicyclic) bond motifs is 2. The first-order valence-corrected chi connectivity index (χ1v) is 7.73. The van der Waals surface area contributed by atoms with Crippen LogP contribution in [0.25, 0.3) is 0 Å². The first-order chi connectivity index (χ1) is 11.2. The molecule has 1 saturated heterocycles. The number of carbonyl (C=O) groups is 1. The highest BCUT2D eigenvalue weighted by Crippen LogP contribution is 2.42. The lowest BCUT2D eigenvalue weighted by Gasteiger charge is -2.22. The summed E-state index contributed by atoms with van der Waals surface area (Å²) in [5, 5.41) is 9.57. The predicted octanol–water partition coefficient (Wildman–Crippen LogP) is 1.04. The molecule has 1 fully saturated rings. The topological polar surface area (TPSA) is 86.0 Å². The van der Waals surface area contributed by atoms with Crippen molar-refractivity contribution in [3.05, 3.63) is 58.5 Å². The van der Waals surface area contributed by atoms with Crippen LogP contribution in [0.15, 0.2) is 47.4 Å².